The Morgan fingerprint density at radius 3 is 2.11 bits per heavy atom. The van der Waals surface area contributed by atoms with E-state index in [1.807, 2.05) is 0 Å². The van der Waals surface area contributed by atoms with Crippen LogP contribution in [0.3, 0.4) is 0 Å². The zero-order chi connectivity index (χ0) is 13.9. The molecule has 2 heteroatoms. The summed E-state index contributed by atoms with van der Waals surface area (Å²) in [6.07, 6.45) is 0.881. The Labute approximate surface area is 111 Å². The van der Waals surface area contributed by atoms with Gasteiger partial charge in [-0.3, -0.25) is 0 Å². The minimum absolute atomic E-state index is 0.0424. The van der Waals surface area contributed by atoms with Crippen LogP contribution in [0.15, 0.2) is 12.1 Å². The molecule has 0 fully saturated rings. The summed E-state index contributed by atoms with van der Waals surface area (Å²) in [4.78, 5) is 2.16. The average Bonchev–Trinajstić information content (AvgIpc) is 2.31. The maximum atomic E-state index is 9.34. The van der Waals surface area contributed by atoms with Gasteiger partial charge in [0.05, 0.1) is 18.0 Å². The van der Waals surface area contributed by atoms with Crippen LogP contribution in [0.5, 0.6) is 0 Å². The van der Waals surface area contributed by atoms with Gasteiger partial charge < -0.3 is 4.90 Å². The summed E-state index contributed by atoms with van der Waals surface area (Å²) in [5.41, 5.74) is 5.19. The highest BCUT2D eigenvalue weighted by Gasteiger charge is 2.25. The summed E-state index contributed by atoms with van der Waals surface area (Å²) >= 11 is 0. The van der Waals surface area contributed by atoms with Gasteiger partial charge in [0.1, 0.15) is 0 Å². The second kappa shape index (κ2) is 6.02. The molecule has 0 amide bonds. The van der Waals surface area contributed by atoms with E-state index in [2.05, 4.69) is 64.9 Å². The lowest BCUT2D eigenvalue weighted by Crippen LogP contribution is -2.27. The molecule has 0 aliphatic carbocycles. The number of aryl methyl sites for hydroxylation is 3. The van der Waals surface area contributed by atoms with Crippen molar-refractivity contribution in [2.45, 2.75) is 40.2 Å². The van der Waals surface area contributed by atoms with Gasteiger partial charge in [-0.05, 0) is 63.5 Å². The molecule has 2 atom stereocenters. The number of hydrogen-bond donors (Lipinski definition) is 0. The molecule has 2 unspecified atom stereocenters. The maximum absolute atomic E-state index is 9.34. The largest absolute Gasteiger partial charge is 0.301 e. The lowest BCUT2D eigenvalue weighted by atomic mass is 9.87. The fraction of sp³-hybridized carbons (Fsp3) is 0.562. The Balaban J connectivity index is 3.31. The van der Waals surface area contributed by atoms with Gasteiger partial charge in [-0.25, -0.2) is 0 Å². The normalized spacial score (nSPS) is 14.3. The molecule has 0 aromatic heterocycles. The van der Waals surface area contributed by atoms with Gasteiger partial charge >= 0.3 is 0 Å². The third-order valence-corrected chi connectivity index (χ3v) is 3.74. The van der Waals surface area contributed by atoms with Gasteiger partial charge in [0.15, 0.2) is 0 Å². The molecular formula is C16H24N2. The highest BCUT2D eigenvalue weighted by Crippen LogP contribution is 2.32. The molecule has 2 nitrogen and oxygen atoms in total. The monoisotopic (exact) mass is 244 g/mol. The van der Waals surface area contributed by atoms with Crippen molar-refractivity contribution >= 4 is 0 Å². The highest BCUT2D eigenvalue weighted by atomic mass is 15.1. The molecule has 18 heavy (non-hydrogen) atoms. The van der Waals surface area contributed by atoms with Gasteiger partial charge in [-0.15, -0.1) is 0 Å². The van der Waals surface area contributed by atoms with Gasteiger partial charge in [-0.1, -0.05) is 19.1 Å². The second-order valence-electron chi connectivity index (χ2n) is 5.35. The fourth-order valence-corrected chi connectivity index (χ4v) is 2.54. The van der Waals surface area contributed by atoms with Crippen molar-refractivity contribution < 1.29 is 0 Å². The third-order valence-electron chi connectivity index (χ3n) is 3.74. The Kier molecular flexibility index (Phi) is 4.93. The predicted octanol–water partition coefficient (Wildman–Crippen LogP) is 3.76. The molecule has 0 N–H and O–H groups in total. The van der Waals surface area contributed by atoms with E-state index in [1.165, 1.54) is 22.3 Å². The van der Waals surface area contributed by atoms with Crippen molar-refractivity contribution in [1.82, 2.24) is 4.90 Å². The van der Waals surface area contributed by atoms with Crippen molar-refractivity contribution in [2.75, 3.05) is 14.1 Å². The molecule has 0 aliphatic rings. The molecule has 0 heterocycles. The standard InChI is InChI=1S/C16H24N2/c1-7-14(10-17)16(18(5)6)15-9-12(3)11(2)8-13(15)4/h8-9,14,16H,7H2,1-6H3. The van der Waals surface area contributed by atoms with Gasteiger partial charge in [-0.2, -0.15) is 5.26 Å². The summed E-state index contributed by atoms with van der Waals surface area (Å²) in [7, 11) is 4.11. The minimum atomic E-state index is 0.0424. The van der Waals surface area contributed by atoms with Gasteiger partial charge in [0.2, 0.25) is 0 Å². The molecule has 0 saturated heterocycles. The Morgan fingerprint density at radius 2 is 1.67 bits per heavy atom. The molecule has 1 aromatic rings. The summed E-state index contributed by atoms with van der Waals surface area (Å²) < 4.78 is 0. The predicted molar refractivity (Wildman–Crippen MR) is 76.5 cm³/mol. The van der Waals surface area contributed by atoms with E-state index in [0.717, 1.165) is 6.42 Å². The van der Waals surface area contributed by atoms with Crippen LogP contribution in [0.25, 0.3) is 0 Å². The quantitative estimate of drug-likeness (QED) is 0.806. The fourth-order valence-electron chi connectivity index (χ4n) is 2.54. The molecule has 98 valence electrons. The Hall–Kier alpha value is -1.33. The Morgan fingerprint density at radius 1 is 1.11 bits per heavy atom. The van der Waals surface area contributed by atoms with Crippen LogP contribution in [0.2, 0.25) is 0 Å². The first kappa shape index (κ1) is 14.7. The number of nitrogens with zero attached hydrogens (tertiary/aromatic N) is 2. The first-order valence-corrected chi connectivity index (χ1v) is 6.56. The Bertz CT molecular complexity index is 455. The van der Waals surface area contributed by atoms with Gasteiger partial charge in [0.25, 0.3) is 0 Å². The number of benzene rings is 1. The minimum Gasteiger partial charge on any atom is -0.301 e. The number of hydrogen-bond acceptors (Lipinski definition) is 2. The summed E-state index contributed by atoms with van der Waals surface area (Å²) in [6, 6.07) is 7.10. The summed E-state index contributed by atoms with van der Waals surface area (Å²) in [6.45, 7) is 8.50. The first-order chi connectivity index (χ1) is 8.42. The SMILES string of the molecule is CCC(C#N)C(c1cc(C)c(C)cc1C)N(C)C. The van der Waals surface area contributed by atoms with Crippen molar-refractivity contribution in [3.05, 3.63) is 34.4 Å². The summed E-state index contributed by atoms with van der Waals surface area (Å²) in [5, 5.41) is 9.34. The van der Waals surface area contributed by atoms with E-state index in [9.17, 15) is 5.26 Å². The summed E-state index contributed by atoms with van der Waals surface area (Å²) in [5.74, 6) is 0.0424. The van der Waals surface area contributed by atoms with Gasteiger partial charge in [0, 0.05) is 0 Å². The van der Waals surface area contributed by atoms with Crippen LogP contribution in [0, 0.1) is 38.0 Å². The van der Waals surface area contributed by atoms with E-state index in [-0.39, 0.29) is 12.0 Å². The maximum Gasteiger partial charge on any atom is 0.0675 e. The molecule has 0 saturated carbocycles. The van der Waals surface area contributed by atoms with Crippen molar-refractivity contribution in [2.24, 2.45) is 5.92 Å². The molecular weight excluding hydrogens is 220 g/mol. The van der Waals surface area contributed by atoms with Crippen LogP contribution >= 0.6 is 0 Å². The van der Waals surface area contributed by atoms with E-state index in [4.69, 9.17) is 0 Å². The van der Waals surface area contributed by atoms with Crippen LogP contribution in [-0.2, 0) is 0 Å². The van der Waals surface area contributed by atoms with E-state index < -0.39 is 0 Å². The average molecular weight is 244 g/mol. The lowest BCUT2D eigenvalue weighted by Gasteiger charge is -2.30. The molecule has 0 aliphatic heterocycles. The molecule has 0 radical (unpaired) electrons. The number of nitriles is 1. The molecule has 1 rings (SSSR count). The smallest absolute Gasteiger partial charge is 0.0675 e. The first-order valence-electron chi connectivity index (χ1n) is 6.56. The van der Waals surface area contributed by atoms with Crippen molar-refractivity contribution in [3.8, 4) is 6.07 Å². The van der Waals surface area contributed by atoms with E-state index in [0.29, 0.717) is 0 Å². The molecule has 0 bridgehead atoms. The zero-order valence-corrected chi connectivity index (χ0v) is 12.4. The van der Waals surface area contributed by atoms with Crippen molar-refractivity contribution in [3.63, 3.8) is 0 Å². The van der Waals surface area contributed by atoms with Crippen molar-refractivity contribution in [1.29, 1.82) is 5.26 Å². The third kappa shape index (κ3) is 2.91. The lowest BCUT2D eigenvalue weighted by molar-refractivity contribution is 0.240. The van der Waals surface area contributed by atoms with Crippen LogP contribution < -0.4 is 0 Å². The number of rotatable bonds is 4. The van der Waals surface area contributed by atoms with E-state index >= 15 is 0 Å². The molecule has 0 spiro atoms. The highest BCUT2D eigenvalue weighted by molar-refractivity contribution is 5.39. The van der Waals surface area contributed by atoms with Crippen LogP contribution in [0.4, 0.5) is 0 Å². The van der Waals surface area contributed by atoms with Crippen LogP contribution in [0.1, 0.15) is 41.6 Å². The zero-order valence-electron chi connectivity index (χ0n) is 12.4. The second-order valence-corrected chi connectivity index (χ2v) is 5.35. The van der Waals surface area contributed by atoms with Crippen LogP contribution in [-0.4, -0.2) is 19.0 Å². The topological polar surface area (TPSA) is 27.0 Å². The molecule has 1 aromatic carbocycles. The van der Waals surface area contributed by atoms with E-state index in [1.54, 1.807) is 0 Å².